The van der Waals surface area contributed by atoms with Crippen molar-refractivity contribution in [3.05, 3.63) is 59.2 Å². The number of carbonyl (C=O) groups excluding carboxylic acids is 2. The van der Waals surface area contributed by atoms with Gasteiger partial charge in [0, 0.05) is 37.4 Å². The lowest BCUT2D eigenvalue weighted by Crippen LogP contribution is -2.11. The van der Waals surface area contributed by atoms with Gasteiger partial charge in [-0.3, -0.25) is 9.59 Å². The van der Waals surface area contributed by atoms with Gasteiger partial charge in [0.05, 0.1) is 12.8 Å². The zero-order valence-electron chi connectivity index (χ0n) is 16.7. The van der Waals surface area contributed by atoms with Crippen molar-refractivity contribution in [3.8, 4) is 36.5 Å². The van der Waals surface area contributed by atoms with Crippen LogP contribution in [0.2, 0.25) is 0 Å². The summed E-state index contributed by atoms with van der Waals surface area (Å²) in [6, 6.07) is 6.93. The quantitative estimate of drug-likeness (QED) is 0.548. The summed E-state index contributed by atoms with van der Waals surface area (Å²) in [5.41, 5.74) is 1.99. The Morgan fingerprint density at radius 2 is 1.27 bits per heavy atom. The van der Waals surface area contributed by atoms with Gasteiger partial charge in [0.1, 0.15) is 23.6 Å². The number of terminal acetylenes is 2. The van der Waals surface area contributed by atoms with E-state index >= 15 is 0 Å². The van der Waals surface area contributed by atoms with E-state index in [9.17, 15) is 9.59 Å². The van der Waals surface area contributed by atoms with Crippen LogP contribution in [0.3, 0.4) is 0 Å². The van der Waals surface area contributed by atoms with Crippen molar-refractivity contribution in [2.45, 2.75) is 38.9 Å². The molecule has 0 saturated heterocycles. The molecular weight excluding hydrogens is 380 g/mol. The fourth-order valence-corrected chi connectivity index (χ4v) is 2.73. The van der Waals surface area contributed by atoms with Crippen LogP contribution in [-0.4, -0.2) is 21.9 Å². The Kier molecular flexibility index (Phi) is 8.18. The summed E-state index contributed by atoms with van der Waals surface area (Å²) in [5.74, 6) is 10.00. The number of aromatic nitrogens is 2. The molecule has 0 N–H and O–H groups in total. The summed E-state index contributed by atoms with van der Waals surface area (Å²) >= 11 is 0. The van der Waals surface area contributed by atoms with Crippen LogP contribution in [0.5, 0.6) is 0 Å². The molecular formula is C24H20N2O4. The summed E-state index contributed by atoms with van der Waals surface area (Å²) in [5, 5.41) is 0. The molecule has 2 aromatic rings. The van der Waals surface area contributed by atoms with Crippen molar-refractivity contribution in [2.24, 2.45) is 0 Å². The third-order valence-corrected chi connectivity index (χ3v) is 3.89. The predicted octanol–water partition coefficient (Wildman–Crippen LogP) is 3.13. The van der Waals surface area contributed by atoms with Gasteiger partial charge in [-0.15, -0.1) is 24.7 Å². The molecule has 0 radical (unpaired) electrons. The standard InChI is InChI=1S/C24H20N2O4/c1-5-9-23(29-17(3)27)19-11-7-15-25-21(19)13-14-22-20(12-8-16-26-22)24(10-6-2)30-18(4)28/h1-2,7-8,11-12,15-16,23-24H,9-10H2,3-4H3. The second kappa shape index (κ2) is 11.1. The number of carbonyl (C=O) groups is 2. The zero-order chi connectivity index (χ0) is 21.9. The van der Waals surface area contributed by atoms with E-state index in [-0.39, 0.29) is 12.8 Å². The SMILES string of the molecule is C#CCC(OC(C)=O)c1cccnc1C#Cc1ncccc1C(CC#C)OC(C)=O. The lowest BCUT2D eigenvalue weighted by Gasteiger charge is -2.16. The number of rotatable bonds is 6. The number of pyridine rings is 2. The second-order valence-electron chi connectivity index (χ2n) is 6.15. The lowest BCUT2D eigenvalue weighted by atomic mass is 10.0. The number of ether oxygens (including phenoxy) is 2. The maximum atomic E-state index is 11.4. The highest BCUT2D eigenvalue weighted by atomic mass is 16.5. The maximum Gasteiger partial charge on any atom is 0.303 e. The van der Waals surface area contributed by atoms with E-state index in [0.29, 0.717) is 22.5 Å². The van der Waals surface area contributed by atoms with Crippen LogP contribution in [-0.2, 0) is 19.1 Å². The van der Waals surface area contributed by atoms with Crippen molar-refractivity contribution in [1.29, 1.82) is 0 Å². The van der Waals surface area contributed by atoms with E-state index in [1.54, 1.807) is 36.7 Å². The van der Waals surface area contributed by atoms with E-state index < -0.39 is 24.1 Å². The van der Waals surface area contributed by atoms with Crippen molar-refractivity contribution >= 4 is 11.9 Å². The topological polar surface area (TPSA) is 78.4 Å². The molecule has 30 heavy (non-hydrogen) atoms. The first kappa shape index (κ1) is 22.2. The van der Waals surface area contributed by atoms with Gasteiger partial charge in [-0.2, -0.15) is 0 Å². The molecule has 0 aliphatic heterocycles. The third-order valence-electron chi connectivity index (χ3n) is 3.89. The Morgan fingerprint density at radius 3 is 1.60 bits per heavy atom. The molecule has 0 aromatic carbocycles. The highest BCUT2D eigenvalue weighted by Crippen LogP contribution is 2.25. The fraction of sp³-hybridized carbons (Fsp3) is 0.250. The average Bonchev–Trinajstić information content (AvgIpc) is 2.71. The Bertz CT molecular complexity index is 983. The smallest absolute Gasteiger partial charge is 0.303 e. The first-order chi connectivity index (χ1) is 14.5. The molecule has 6 heteroatoms. The average molecular weight is 400 g/mol. The maximum absolute atomic E-state index is 11.4. The van der Waals surface area contributed by atoms with Crippen molar-refractivity contribution in [3.63, 3.8) is 0 Å². The summed E-state index contributed by atoms with van der Waals surface area (Å²) in [6.45, 7) is 2.62. The minimum Gasteiger partial charge on any atom is -0.457 e. The molecule has 0 saturated carbocycles. The van der Waals surface area contributed by atoms with Crippen molar-refractivity contribution in [1.82, 2.24) is 9.97 Å². The molecule has 2 aromatic heterocycles. The van der Waals surface area contributed by atoms with Gasteiger partial charge in [-0.25, -0.2) is 9.97 Å². The van der Waals surface area contributed by atoms with E-state index in [2.05, 4.69) is 33.6 Å². The molecule has 2 heterocycles. The van der Waals surface area contributed by atoms with Gasteiger partial charge in [-0.1, -0.05) is 12.1 Å². The number of nitrogens with zero attached hydrogens (tertiary/aromatic N) is 2. The summed E-state index contributed by atoms with van der Waals surface area (Å²) in [7, 11) is 0. The van der Waals surface area contributed by atoms with E-state index in [1.807, 2.05) is 0 Å². The minimum atomic E-state index is -0.663. The van der Waals surface area contributed by atoms with E-state index in [4.69, 9.17) is 22.3 Å². The molecule has 0 amide bonds. The van der Waals surface area contributed by atoms with Crippen LogP contribution < -0.4 is 0 Å². The third kappa shape index (κ3) is 6.23. The van der Waals surface area contributed by atoms with Gasteiger partial charge in [0.15, 0.2) is 0 Å². The number of esters is 2. The minimum absolute atomic E-state index is 0.186. The van der Waals surface area contributed by atoms with E-state index in [1.165, 1.54) is 13.8 Å². The molecule has 2 unspecified atom stereocenters. The van der Waals surface area contributed by atoms with Gasteiger partial charge in [0.25, 0.3) is 0 Å². The van der Waals surface area contributed by atoms with Crippen LogP contribution in [0, 0.1) is 36.5 Å². The number of hydrogen-bond donors (Lipinski definition) is 0. The Labute approximate surface area is 176 Å². The highest BCUT2D eigenvalue weighted by molar-refractivity contribution is 5.67. The van der Waals surface area contributed by atoms with Crippen molar-refractivity contribution < 1.29 is 19.1 Å². The molecule has 6 nitrogen and oxygen atoms in total. The molecule has 0 bridgehead atoms. The first-order valence-electron chi connectivity index (χ1n) is 9.09. The Balaban J connectivity index is 2.47. The van der Waals surface area contributed by atoms with Gasteiger partial charge >= 0.3 is 11.9 Å². The Morgan fingerprint density at radius 1 is 0.867 bits per heavy atom. The van der Waals surface area contributed by atoms with Gasteiger partial charge in [-0.05, 0) is 24.0 Å². The van der Waals surface area contributed by atoms with Crippen LogP contribution in [0.15, 0.2) is 36.7 Å². The normalized spacial score (nSPS) is 11.6. The number of hydrogen-bond acceptors (Lipinski definition) is 6. The first-order valence-corrected chi connectivity index (χ1v) is 9.09. The molecule has 0 fully saturated rings. The Hall–Kier alpha value is -4.08. The zero-order valence-corrected chi connectivity index (χ0v) is 16.7. The predicted molar refractivity (Wildman–Crippen MR) is 110 cm³/mol. The fourth-order valence-electron chi connectivity index (χ4n) is 2.73. The second-order valence-corrected chi connectivity index (χ2v) is 6.15. The molecule has 2 rings (SSSR count). The molecule has 0 aliphatic rings. The van der Waals surface area contributed by atoms with Crippen LogP contribution >= 0.6 is 0 Å². The molecule has 0 spiro atoms. The van der Waals surface area contributed by atoms with Gasteiger partial charge < -0.3 is 9.47 Å². The lowest BCUT2D eigenvalue weighted by molar-refractivity contribution is -0.147. The summed E-state index contributed by atoms with van der Waals surface area (Å²) in [4.78, 5) is 31.5. The summed E-state index contributed by atoms with van der Waals surface area (Å²) in [6.07, 6.45) is 13.0. The highest BCUT2D eigenvalue weighted by Gasteiger charge is 2.19. The van der Waals surface area contributed by atoms with Crippen LogP contribution in [0.1, 0.15) is 61.4 Å². The van der Waals surface area contributed by atoms with Crippen LogP contribution in [0.4, 0.5) is 0 Å². The van der Waals surface area contributed by atoms with Crippen LogP contribution in [0.25, 0.3) is 0 Å². The largest absolute Gasteiger partial charge is 0.457 e. The molecule has 150 valence electrons. The molecule has 2 atom stereocenters. The van der Waals surface area contributed by atoms with Crippen molar-refractivity contribution in [2.75, 3.05) is 0 Å². The van der Waals surface area contributed by atoms with Gasteiger partial charge in [0.2, 0.25) is 0 Å². The molecule has 0 aliphatic carbocycles. The summed E-state index contributed by atoms with van der Waals surface area (Å²) < 4.78 is 10.6. The van der Waals surface area contributed by atoms with E-state index in [0.717, 1.165) is 0 Å². The monoisotopic (exact) mass is 400 g/mol.